The van der Waals surface area contributed by atoms with Crippen LogP contribution >= 0.6 is 0 Å². The third kappa shape index (κ3) is 3.06. The molecular weight excluding hydrogens is 327 g/mol. The molecular formula is C23H27NaSi. The van der Waals surface area contributed by atoms with Crippen LogP contribution in [-0.4, -0.2) is 37.6 Å². The third-order valence-corrected chi connectivity index (χ3v) is 12.4. The van der Waals surface area contributed by atoms with Crippen LogP contribution in [0.15, 0.2) is 60.7 Å². The van der Waals surface area contributed by atoms with E-state index < -0.39 is 8.07 Å². The first-order valence-electron chi connectivity index (χ1n) is 9.34. The Morgan fingerprint density at radius 3 is 1.68 bits per heavy atom. The molecule has 0 aliphatic heterocycles. The molecule has 2 atom stereocenters. The Kier molecular flexibility index (Phi) is 5.90. The van der Waals surface area contributed by atoms with Crippen LogP contribution in [0.5, 0.6) is 0 Å². The van der Waals surface area contributed by atoms with Gasteiger partial charge in [-0.15, -0.1) is 0 Å². The van der Waals surface area contributed by atoms with Gasteiger partial charge in [0, 0.05) is 0 Å². The van der Waals surface area contributed by atoms with E-state index >= 15 is 0 Å². The fourth-order valence-electron chi connectivity index (χ4n) is 5.09. The first kappa shape index (κ1) is 18.9. The molecule has 0 saturated carbocycles. The van der Waals surface area contributed by atoms with Crippen LogP contribution in [0.2, 0.25) is 12.1 Å². The molecule has 0 heterocycles. The molecule has 2 aliphatic carbocycles. The normalized spacial score (nSPS) is 22.2. The van der Waals surface area contributed by atoms with Crippen molar-refractivity contribution < 1.29 is 0 Å². The molecule has 0 spiro atoms. The maximum absolute atomic E-state index is 2.53. The van der Waals surface area contributed by atoms with E-state index in [1.807, 2.05) is 0 Å². The minimum absolute atomic E-state index is 0. The molecule has 0 saturated heterocycles. The first-order chi connectivity index (χ1) is 11.8. The molecule has 0 N–H and O–H groups in total. The van der Waals surface area contributed by atoms with Crippen molar-refractivity contribution in [3.63, 3.8) is 0 Å². The molecule has 2 unspecified atom stereocenters. The van der Waals surface area contributed by atoms with Gasteiger partial charge in [0.1, 0.15) is 0 Å². The van der Waals surface area contributed by atoms with Crippen LogP contribution in [0.3, 0.4) is 0 Å². The van der Waals surface area contributed by atoms with Crippen LogP contribution in [-0.2, 0) is 0 Å². The number of allylic oxidation sites excluding steroid dienone is 2. The van der Waals surface area contributed by atoms with Crippen LogP contribution in [0.1, 0.15) is 53.6 Å². The molecule has 124 valence electrons. The fourth-order valence-corrected chi connectivity index (χ4v) is 11.0. The third-order valence-electron chi connectivity index (χ3n) is 6.21. The van der Waals surface area contributed by atoms with Crippen LogP contribution in [0.25, 0.3) is 12.2 Å². The molecule has 2 heteroatoms. The molecule has 2 aromatic carbocycles. The Morgan fingerprint density at radius 2 is 1.24 bits per heavy atom. The van der Waals surface area contributed by atoms with Gasteiger partial charge >= 0.3 is 29.6 Å². The van der Waals surface area contributed by atoms with E-state index in [0.29, 0.717) is 11.1 Å². The maximum atomic E-state index is 2.53. The standard InChI is InChI=1S/C23H26Si.Na.H/c1-3-17-24(4-2,22-15-13-18-9-5-7-11-20(18)22)23-16-14-19-10-6-8-12-21(19)23;;/h5-16,22-23H,3-4,17H2,1-2H3;;. The molecule has 0 bridgehead atoms. The summed E-state index contributed by atoms with van der Waals surface area (Å²) in [5, 5.41) is 0. The van der Waals surface area contributed by atoms with Gasteiger partial charge in [0.05, 0.1) is 8.07 Å². The predicted octanol–water partition coefficient (Wildman–Crippen LogP) is 5.92. The number of hydrogen-bond acceptors (Lipinski definition) is 0. The van der Waals surface area contributed by atoms with Gasteiger partial charge in [-0.25, -0.2) is 0 Å². The van der Waals surface area contributed by atoms with E-state index in [9.17, 15) is 0 Å². The predicted molar refractivity (Wildman–Crippen MR) is 115 cm³/mol. The van der Waals surface area contributed by atoms with E-state index in [4.69, 9.17) is 0 Å². The molecule has 0 aromatic heterocycles. The second kappa shape index (κ2) is 7.80. The van der Waals surface area contributed by atoms with Crippen LogP contribution in [0, 0.1) is 0 Å². The van der Waals surface area contributed by atoms with E-state index in [-0.39, 0.29) is 29.6 Å². The Balaban J connectivity index is 0.00000182. The average Bonchev–Trinajstić information content (AvgIpc) is 3.25. The summed E-state index contributed by atoms with van der Waals surface area (Å²) in [6.45, 7) is 4.82. The zero-order chi connectivity index (χ0) is 16.6. The Hall–Kier alpha value is -0.863. The van der Waals surface area contributed by atoms with Crippen molar-refractivity contribution in [2.24, 2.45) is 0 Å². The van der Waals surface area contributed by atoms with Gasteiger partial charge in [-0.1, -0.05) is 105 Å². The molecule has 4 rings (SSSR count). The Bertz CT molecular complexity index is 744. The zero-order valence-corrected chi connectivity index (χ0v) is 15.7. The molecule has 0 radical (unpaired) electrons. The SMILES string of the molecule is CCC[Si](CC)(C1C=Cc2ccccc21)C1C=Cc2ccccc21.[NaH]. The van der Waals surface area contributed by atoms with Gasteiger partial charge in [-0.05, 0) is 33.3 Å². The van der Waals surface area contributed by atoms with Crippen LogP contribution in [0.4, 0.5) is 0 Å². The van der Waals surface area contributed by atoms with Crippen molar-refractivity contribution in [1.29, 1.82) is 0 Å². The number of hydrogen-bond donors (Lipinski definition) is 0. The van der Waals surface area contributed by atoms with Gasteiger partial charge in [0.15, 0.2) is 0 Å². The second-order valence-electron chi connectivity index (χ2n) is 7.27. The van der Waals surface area contributed by atoms with Gasteiger partial charge < -0.3 is 0 Å². The molecule has 0 amide bonds. The average molecular weight is 355 g/mol. The van der Waals surface area contributed by atoms with Crippen LogP contribution < -0.4 is 0 Å². The van der Waals surface area contributed by atoms with Gasteiger partial charge in [0.2, 0.25) is 0 Å². The van der Waals surface area contributed by atoms with E-state index in [2.05, 4.69) is 86.7 Å². The summed E-state index contributed by atoms with van der Waals surface area (Å²) in [7, 11) is -1.58. The number of rotatable bonds is 5. The van der Waals surface area contributed by atoms with Crippen molar-refractivity contribution in [3.05, 3.63) is 82.9 Å². The molecule has 25 heavy (non-hydrogen) atoms. The summed E-state index contributed by atoms with van der Waals surface area (Å²) in [4.78, 5) is 0. The van der Waals surface area contributed by atoms with Gasteiger partial charge in [-0.2, -0.15) is 0 Å². The van der Waals surface area contributed by atoms with Crippen molar-refractivity contribution >= 4 is 49.8 Å². The van der Waals surface area contributed by atoms with Crippen molar-refractivity contribution in [3.8, 4) is 0 Å². The van der Waals surface area contributed by atoms with Gasteiger partial charge in [0.25, 0.3) is 0 Å². The fraction of sp³-hybridized carbons (Fsp3) is 0.304. The minimum atomic E-state index is -1.58. The number of fused-ring (bicyclic) bond motifs is 2. The number of benzene rings is 2. The quantitative estimate of drug-likeness (QED) is 0.585. The summed E-state index contributed by atoms with van der Waals surface area (Å²) >= 11 is 0. The molecule has 2 aliphatic rings. The van der Waals surface area contributed by atoms with Crippen molar-refractivity contribution in [1.82, 2.24) is 0 Å². The van der Waals surface area contributed by atoms with Crippen molar-refractivity contribution in [2.45, 2.75) is 43.4 Å². The van der Waals surface area contributed by atoms with E-state index in [1.165, 1.54) is 29.6 Å². The molecule has 0 fully saturated rings. The summed E-state index contributed by atoms with van der Waals surface area (Å²) in [5.74, 6) is 0. The van der Waals surface area contributed by atoms with Crippen molar-refractivity contribution in [2.75, 3.05) is 0 Å². The topological polar surface area (TPSA) is 0 Å². The molecule has 0 nitrogen and oxygen atoms in total. The van der Waals surface area contributed by atoms with Gasteiger partial charge in [-0.3, -0.25) is 0 Å². The second-order valence-corrected chi connectivity index (χ2v) is 12.2. The zero-order valence-electron chi connectivity index (χ0n) is 14.7. The molecule has 2 aromatic rings. The summed E-state index contributed by atoms with van der Waals surface area (Å²) in [6.07, 6.45) is 11.1. The Morgan fingerprint density at radius 1 is 0.760 bits per heavy atom. The summed E-state index contributed by atoms with van der Waals surface area (Å²) in [6, 6.07) is 20.8. The Labute approximate surface area is 175 Å². The summed E-state index contributed by atoms with van der Waals surface area (Å²) < 4.78 is 0. The van der Waals surface area contributed by atoms with E-state index in [1.54, 1.807) is 11.1 Å². The summed E-state index contributed by atoms with van der Waals surface area (Å²) in [5.41, 5.74) is 7.35. The van der Waals surface area contributed by atoms with E-state index in [0.717, 1.165) is 0 Å². The monoisotopic (exact) mass is 354 g/mol. The first-order valence-corrected chi connectivity index (χ1v) is 11.9.